The molecule has 2 amide bonds. The number of rotatable bonds is 4. The van der Waals surface area contributed by atoms with Gasteiger partial charge in [-0.15, -0.1) is 0 Å². The molecule has 7 nitrogen and oxygen atoms in total. The highest BCUT2D eigenvalue weighted by molar-refractivity contribution is 6.01. The van der Waals surface area contributed by atoms with Gasteiger partial charge in [0.05, 0.1) is 12.3 Å². The summed E-state index contributed by atoms with van der Waals surface area (Å²) < 4.78 is 5.28. The van der Waals surface area contributed by atoms with Crippen molar-refractivity contribution in [1.82, 2.24) is 10.3 Å². The fraction of sp³-hybridized carbons (Fsp3) is 0.417. The van der Waals surface area contributed by atoms with E-state index in [4.69, 9.17) is 10.5 Å². The number of hydrogen-bond donors (Lipinski definition) is 3. The van der Waals surface area contributed by atoms with Crippen LogP contribution in [0.3, 0.4) is 0 Å². The summed E-state index contributed by atoms with van der Waals surface area (Å²) in [5.74, 6) is 0.239. The van der Waals surface area contributed by atoms with Crippen molar-refractivity contribution in [3.05, 3.63) is 12.1 Å². The summed E-state index contributed by atoms with van der Waals surface area (Å²) in [4.78, 5) is 26.8. The molecule has 19 heavy (non-hydrogen) atoms. The number of amides is 2. The number of nitrogens with two attached hydrogens (primary N) is 1. The van der Waals surface area contributed by atoms with E-state index in [1.54, 1.807) is 12.1 Å². The Morgan fingerprint density at radius 2 is 2.32 bits per heavy atom. The lowest BCUT2D eigenvalue weighted by molar-refractivity contribution is -0.133. The zero-order valence-corrected chi connectivity index (χ0v) is 10.6. The highest BCUT2D eigenvalue weighted by atomic mass is 16.5. The number of piperidine rings is 1. The van der Waals surface area contributed by atoms with E-state index in [1.165, 1.54) is 0 Å². The van der Waals surface area contributed by atoms with E-state index in [1.807, 2.05) is 6.92 Å². The summed E-state index contributed by atoms with van der Waals surface area (Å²) in [6, 6.07) is 2.86. The second-order valence-electron chi connectivity index (χ2n) is 4.17. The molecule has 102 valence electrons. The van der Waals surface area contributed by atoms with Crippen molar-refractivity contribution in [2.75, 3.05) is 17.7 Å². The average Bonchev–Trinajstić information content (AvgIpc) is 2.37. The first-order chi connectivity index (χ1) is 9.10. The van der Waals surface area contributed by atoms with Crippen LogP contribution < -0.4 is 21.1 Å². The molecule has 1 unspecified atom stereocenters. The van der Waals surface area contributed by atoms with Crippen LogP contribution in [0.1, 0.15) is 19.8 Å². The van der Waals surface area contributed by atoms with Crippen LogP contribution in [0.4, 0.5) is 11.5 Å². The molecule has 1 aromatic heterocycles. The van der Waals surface area contributed by atoms with Crippen LogP contribution in [0, 0.1) is 0 Å². The molecule has 2 heterocycles. The second kappa shape index (κ2) is 5.55. The second-order valence-corrected chi connectivity index (χ2v) is 4.17. The molecule has 1 aromatic rings. The first kappa shape index (κ1) is 13.1. The third-order valence-electron chi connectivity index (χ3n) is 2.73. The molecule has 0 aliphatic carbocycles. The van der Waals surface area contributed by atoms with Gasteiger partial charge in [-0.1, -0.05) is 0 Å². The number of carbonyl (C=O) groups is 2. The molecule has 2 rings (SSSR count). The van der Waals surface area contributed by atoms with Gasteiger partial charge in [-0.3, -0.25) is 14.9 Å². The van der Waals surface area contributed by atoms with E-state index in [2.05, 4.69) is 15.6 Å². The number of pyridine rings is 1. The number of nitrogen functional groups attached to an aromatic ring is 1. The van der Waals surface area contributed by atoms with Gasteiger partial charge in [-0.25, -0.2) is 0 Å². The summed E-state index contributed by atoms with van der Waals surface area (Å²) in [7, 11) is 0. The average molecular weight is 264 g/mol. The van der Waals surface area contributed by atoms with Gasteiger partial charge in [0.1, 0.15) is 11.9 Å². The fourth-order valence-electron chi connectivity index (χ4n) is 1.79. The highest BCUT2D eigenvalue weighted by Crippen LogP contribution is 2.22. The minimum Gasteiger partial charge on any atom is -0.476 e. The molecule has 1 saturated heterocycles. The van der Waals surface area contributed by atoms with Crippen molar-refractivity contribution in [2.45, 2.75) is 25.8 Å². The Morgan fingerprint density at radius 1 is 1.53 bits per heavy atom. The van der Waals surface area contributed by atoms with Crippen molar-refractivity contribution in [3.8, 4) is 5.88 Å². The lowest BCUT2D eigenvalue weighted by atomic mass is 10.1. The van der Waals surface area contributed by atoms with E-state index in [0.29, 0.717) is 36.8 Å². The molecule has 1 aliphatic rings. The smallest absolute Gasteiger partial charge is 0.249 e. The minimum atomic E-state index is -0.469. The lowest BCUT2D eigenvalue weighted by Gasteiger charge is -2.22. The molecule has 0 saturated carbocycles. The van der Waals surface area contributed by atoms with Crippen molar-refractivity contribution in [3.63, 3.8) is 0 Å². The third kappa shape index (κ3) is 3.12. The molecule has 1 atom stereocenters. The van der Waals surface area contributed by atoms with E-state index in [-0.39, 0.29) is 11.8 Å². The number of nitrogens with one attached hydrogen (secondary N) is 2. The van der Waals surface area contributed by atoms with Crippen LogP contribution in [0.5, 0.6) is 5.88 Å². The SMILES string of the molecule is CCOc1nc(NC2CCC(=O)NC2=O)ccc1N. The number of imide groups is 1. The third-order valence-corrected chi connectivity index (χ3v) is 2.73. The summed E-state index contributed by atoms with van der Waals surface area (Å²) in [5.41, 5.74) is 6.16. The Labute approximate surface area is 110 Å². The van der Waals surface area contributed by atoms with E-state index in [0.717, 1.165) is 0 Å². The van der Waals surface area contributed by atoms with Gasteiger partial charge in [-0.2, -0.15) is 4.98 Å². The Bertz CT molecular complexity index is 504. The van der Waals surface area contributed by atoms with Gasteiger partial charge >= 0.3 is 0 Å². The normalized spacial score (nSPS) is 18.9. The maximum absolute atomic E-state index is 11.6. The highest BCUT2D eigenvalue weighted by Gasteiger charge is 2.26. The molecular weight excluding hydrogens is 248 g/mol. The zero-order valence-electron chi connectivity index (χ0n) is 10.6. The number of nitrogens with zero attached hydrogens (tertiary/aromatic N) is 1. The fourth-order valence-corrected chi connectivity index (χ4v) is 1.79. The van der Waals surface area contributed by atoms with Crippen molar-refractivity contribution < 1.29 is 14.3 Å². The van der Waals surface area contributed by atoms with Crippen LogP contribution in [0.25, 0.3) is 0 Å². The molecule has 0 spiro atoms. The Morgan fingerprint density at radius 3 is 3.00 bits per heavy atom. The molecule has 4 N–H and O–H groups in total. The van der Waals surface area contributed by atoms with Crippen molar-refractivity contribution in [1.29, 1.82) is 0 Å². The Kier molecular flexibility index (Phi) is 3.84. The Balaban J connectivity index is 2.08. The largest absolute Gasteiger partial charge is 0.476 e. The van der Waals surface area contributed by atoms with Crippen LogP contribution in [0.15, 0.2) is 12.1 Å². The molecule has 7 heteroatoms. The molecule has 0 radical (unpaired) electrons. The van der Waals surface area contributed by atoms with E-state index >= 15 is 0 Å². The maximum atomic E-state index is 11.6. The number of aromatic nitrogens is 1. The van der Waals surface area contributed by atoms with Crippen LogP contribution >= 0.6 is 0 Å². The standard InChI is InChI=1S/C12H16N4O3/c1-2-19-12-7(13)3-5-9(15-12)14-8-4-6-10(17)16-11(8)18/h3,5,8H,2,4,6,13H2,1H3,(H,14,15)(H,16,17,18). The summed E-state index contributed by atoms with van der Waals surface area (Å²) >= 11 is 0. The summed E-state index contributed by atoms with van der Waals surface area (Å²) in [6.07, 6.45) is 0.761. The molecular formula is C12H16N4O3. The number of anilines is 2. The monoisotopic (exact) mass is 264 g/mol. The molecule has 1 fully saturated rings. The predicted molar refractivity (Wildman–Crippen MR) is 69.6 cm³/mol. The molecule has 0 aromatic carbocycles. The van der Waals surface area contributed by atoms with Gasteiger partial charge in [0.25, 0.3) is 0 Å². The summed E-state index contributed by atoms with van der Waals surface area (Å²) in [6.45, 7) is 2.29. The number of hydrogen-bond acceptors (Lipinski definition) is 6. The summed E-state index contributed by atoms with van der Waals surface area (Å²) in [5, 5.41) is 5.24. The van der Waals surface area contributed by atoms with Gasteiger partial charge < -0.3 is 15.8 Å². The topological polar surface area (TPSA) is 106 Å². The van der Waals surface area contributed by atoms with Crippen LogP contribution in [0.2, 0.25) is 0 Å². The quantitative estimate of drug-likeness (QED) is 0.674. The van der Waals surface area contributed by atoms with Crippen molar-refractivity contribution >= 4 is 23.3 Å². The first-order valence-electron chi connectivity index (χ1n) is 6.09. The van der Waals surface area contributed by atoms with E-state index in [9.17, 15) is 9.59 Å². The number of ether oxygens (including phenoxy) is 1. The lowest BCUT2D eigenvalue weighted by Crippen LogP contribution is -2.47. The number of carbonyl (C=O) groups excluding carboxylic acids is 2. The van der Waals surface area contributed by atoms with Gasteiger partial charge in [0.15, 0.2) is 0 Å². The minimum absolute atomic E-state index is 0.247. The van der Waals surface area contributed by atoms with Gasteiger partial charge in [0, 0.05) is 6.42 Å². The van der Waals surface area contributed by atoms with Gasteiger partial charge in [-0.05, 0) is 25.5 Å². The van der Waals surface area contributed by atoms with Gasteiger partial charge in [0.2, 0.25) is 17.7 Å². The molecule has 0 bridgehead atoms. The first-order valence-corrected chi connectivity index (χ1v) is 6.09. The molecule has 1 aliphatic heterocycles. The zero-order chi connectivity index (χ0) is 13.8. The van der Waals surface area contributed by atoms with Crippen molar-refractivity contribution in [2.24, 2.45) is 0 Å². The van der Waals surface area contributed by atoms with Crippen LogP contribution in [-0.4, -0.2) is 29.4 Å². The van der Waals surface area contributed by atoms with E-state index < -0.39 is 6.04 Å². The Hall–Kier alpha value is -2.31. The maximum Gasteiger partial charge on any atom is 0.249 e. The predicted octanol–water partition coefficient (Wildman–Crippen LogP) is 0.280. The van der Waals surface area contributed by atoms with Crippen LogP contribution in [-0.2, 0) is 9.59 Å².